The van der Waals surface area contributed by atoms with Crippen LogP contribution in [0.4, 0.5) is 0 Å². The summed E-state index contributed by atoms with van der Waals surface area (Å²) in [5, 5.41) is 4.21. The maximum absolute atomic E-state index is 12.1. The number of para-hydroxylation sites is 1. The number of hydrogen-bond acceptors (Lipinski definition) is 2. The third-order valence-corrected chi connectivity index (χ3v) is 3.99. The van der Waals surface area contributed by atoms with Crippen molar-refractivity contribution in [3.63, 3.8) is 0 Å². The number of fused-ring (bicyclic) bond motifs is 1. The molecule has 24 heavy (non-hydrogen) atoms. The number of benzene rings is 2. The molecule has 1 heterocycles. The highest BCUT2D eigenvalue weighted by Gasteiger charge is 2.06. The van der Waals surface area contributed by atoms with Gasteiger partial charge in [-0.15, -0.1) is 0 Å². The predicted molar refractivity (Wildman–Crippen MR) is 96.3 cm³/mol. The first-order valence-electron chi connectivity index (χ1n) is 8.29. The van der Waals surface area contributed by atoms with E-state index in [0.29, 0.717) is 19.6 Å². The number of H-pyrrole nitrogens is 1. The monoisotopic (exact) mass is 322 g/mol. The summed E-state index contributed by atoms with van der Waals surface area (Å²) in [7, 11) is 0. The molecule has 0 unspecified atom stereocenters. The van der Waals surface area contributed by atoms with E-state index in [4.69, 9.17) is 4.74 Å². The first-order chi connectivity index (χ1) is 11.8. The highest BCUT2D eigenvalue weighted by atomic mass is 16.5. The van der Waals surface area contributed by atoms with E-state index in [1.165, 1.54) is 10.9 Å². The largest absolute Gasteiger partial charge is 0.494 e. The van der Waals surface area contributed by atoms with Gasteiger partial charge < -0.3 is 15.0 Å². The second-order valence-electron chi connectivity index (χ2n) is 5.71. The maximum atomic E-state index is 12.1. The molecule has 3 aromatic rings. The van der Waals surface area contributed by atoms with Gasteiger partial charge in [0.1, 0.15) is 5.75 Å². The number of carbonyl (C=O) groups excluding carboxylic acids is 1. The lowest BCUT2D eigenvalue weighted by molar-refractivity contribution is -0.120. The Kier molecular flexibility index (Phi) is 5.16. The minimum atomic E-state index is 0.0407. The molecule has 0 fully saturated rings. The van der Waals surface area contributed by atoms with Gasteiger partial charge in [0.25, 0.3) is 0 Å². The van der Waals surface area contributed by atoms with Gasteiger partial charge in [-0.05, 0) is 42.7 Å². The zero-order chi connectivity index (χ0) is 16.8. The van der Waals surface area contributed by atoms with Gasteiger partial charge in [-0.25, -0.2) is 0 Å². The average Bonchev–Trinajstić information content (AvgIpc) is 3.00. The lowest BCUT2D eigenvalue weighted by Crippen LogP contribution is -2.27. The molecule has 0 aliphatic carbocycles. The van der Waals surface area contributed by atoms with Crippen LogP contribution >= 0.6 is 0 Å². The van der Waals surface area contributed by atoms with Crippen molar-refractivity contribution in [2.24, 2.45) is 0 Å². The number of hydrogen-bond donors (Lipinski definition) is 2. The summed E-state index contributed by atoms with van der Waals surface area (Å²) < 4.78 is 5.40. The molecule has 4 nitrogen and oxygen atoms in total. The Balaban J connectivity index is 1.49. The minimum absolute atomic E-state index is 0.0407. The Morgan fingerprint density at radius 3 is 2.71 bits per heavy atom. The molecule has 2 aromatic carbocycles. The van der Waals surface area contributed by atoms with E-state index < -0.39 is 0 Å². The van der Waals surface area contributed by atoms with Crippen LogP contribution in [0.2, 0.25) is 0 Å². The number of aromatic amines is 1. The van der Waals surface area contributed by atoms with E-state index in [-0.39, 0.29) is 5.91 Å². The zero-order valence-electron chi connectivity index (χ0n) is 13.8. The fourth-order valence-electron chi connectivity index (χ4n) is 2.79. The van der Waals surface area contributed by atoms with Crippen molar-refractivity contribution in [3.05, 3.63) is 65.9 Å². The van der Waals surface area contributed by atoms with Crippen molar-refractivity contribution >= 4 is 16.8 Å². The number of carbonyl (C=O) groups is 1. The first-order valence-corrected chi connectivity index (χ1v) is 8.29. The first kappa shape index (κ1) is 16.1. The Hall–Kier alpha value is -2.75. The van der Waals surface area contributed by atoms with E-state index in [0.717, 1.165) is 23.3 Å². The summed E-state index contributed by atoms with van der Waals surface area (Å²) in [4.78, 5) is 15.3. The van der Waals surface area contributed by atoms with Gasteiger partial charge in [-0.1, -0.05) is 30.3 Å². The predicted octanol–water partition coefficient (Wildman–Crippen LogP) is 3.47. The van der Waals surface area contributed by atoms with E-state index in [9.17, 15) is 4.79 Å². The van der Waals surface area contributed by atoms with Crippen molar-refractivity contribution < 1.29 is 9.53 Å². The van der Waals surface area contributed by atoms with Gasteiger partial charge >= 0.3 is 0 Å². The second kappa shape index (κ2) is 7.68. The van der Waals surface area contributed by atoms with Crippen LogP contribution in [0.1, 0.15) is 18.1 Å². The summed E-state index contributed by atoms with van der Waals surface area (Å²) in [5.74, 6) is 0.875. The van der Waals surface area contributed by atoms with Crippen LogP contribution in [-0.4, -0.2) is 24.0 Å². The molecule has 1 amide bonds. The van der Waals surface area contributed by atoms with E-state index in [1.807, 2.05) is 49.5 Å². The van der Waals surface area contributed by atoms with E-state index in [2.05, 4.69) is 22.4 Å². The number of aromatic nitrogens is 1. The molecule has 0 bridgehead atoms. The van der Waals surface area contributed by atoms with Gasteiger partial charge in [-0.2, -0.15) is 0 Å². The number of rotatable bonds is 7. The molecule has 0 aliphatic rings. The van der Waals surface area contributed by atoms with Gasteiger partial charge in [-0.3, -0.25) is 4.79 Å². The quantitative estimate of drug-likeness (QED) is 0.700. The smallest absolute Gasteiger partial charge is 0.224 e. The molecular formula is C20H22N2O2. The Morgan fingerprint density at radius 1 is 1.12 bits per heavy atom. The molecule has 0 atom stereocenters. The molecule has 0 aliphatic heterocycles. The van der Waals surface area contributed by atoms with Gasteiger partial charge in [0.15, 0.2) is 0 Å². The van der Waals surface area contributed by atoms with Gasteiger partial charge in [0, 0.05) is 23.6 Å². The average molecular weight is 322 g/mol. The van der Waals surface area contributed by atoms with Crippen LogP contribution < -0.4 is 10.1 Å². The SMILES string of the molecule is CCOc1ccc(CC(=O)NCCc2c[nH]c3ccccc23)cc1. The van der Waals surface area contributed by atoms with Gasteiger partial charge in [0.2, 0.25) is 5.91 Å². The summed E-state index contributed by atoms with van der Waals surface area (Å²) >= 11 is 0. The number of amides is 1. The lowest BCUT2D eigenvalue weighted by atomic mass is 10.1. The fraction of sp³-hybridized carbons (Fsp3) is 0.250. The van der Waals surface area contributed by atoms with Crippen molar-refractivity contribution in [2.45, 2.75) is 19.8 Å². The van der Waals surface area contributed by atoms with Gasteiger partial charge in [0.05, 0.1) is 13.0 Å². The standard InChI is InChI=1S/C20H22N2O2/c1-2-24-17-9-7-15(8-10-17)13-20(23)21-12-11-16-14-22-19-6-4-3-5-18(16)19/h3-10,14,22H,2,11-13H2,1H3,(H,21,23). The van der Waals surface area contributed by atoms with E-state index >= 15 is 0 Å². The molecule has 2 N–H and O–H groups in total. The molecule has 0 saturated carbocycles. The fourth-order valence-corrected chi connectivity index (χ4v) is 2.79. The molecule has 4 heteroatoms. The number of nitrogens with one attached hydrogen (secondary N) is 2. The van der Waals surface area contributed by atoms with Crippen LogP contribution in [0.3, 0.4) is 0 Å². The Labute approximate surface area is 141 Å². The second-order valence-corrected chi connectivity index (χ2v) is 5.71. The molecule has 0 saturated heterocycles. The van der Waals surface area contributed by atoms with Crippen LogP contribution in [0.5, 0.6) is 5.75 Å². The highest BCUT2D eigenvalue weighted by Crippen LogP contribution is 2.17. The molecule has 0 spiro atoms. The van der Waals surface area contributed by atoms with E-state index in [1.54, 1.807) is 0 Å². The summed E-state index contributed by atoms with van der Waals surface area (Å²) in [6, 6.07) is 15.9. The van der Waals surface area contributed by atoms with Crippen molar-refractivity contribution in [1.29, 1.82) is 0 Å². The van der Waals surface area contributed by atoms with Crippen LogP contribution in [-0.2, 0) is 17.6 Å². The Morgan fingerprint density at radius 2 is 1.92 bits per heavy atom. The number of ether oxygens (including phenoxy) is 1. The maximum Gasteiger partial charge on any atom is 0.224 e. The highest BCUT2D eigenvalue weighted by molar-refractivity contribution is 5.83. The molecule has 3 rings (SSSR count). The summed E-state index contributed by atoms with van der Waals surface area (Å²) in [5.41, 5.74) is 3.35. The van der Waals surface area contributed by atoms with Crippen molar-refractivity contribution in [3.8, 4) is 5.75 Å². The van der Waals surface area contributed by atoms with Crippen molar-refractivity contribution in [2.75, 3.05) is 13.2 Å². The third kappa shape index (κ3) is 3.96. The minimum Gasteiger partial charge on any atom is -0.494 e. The normalized spacial score (nSPS) is 10.7. The molecule has 1 aromatic heterocycles. The zero-order valence-corrected chi connectivity index (χ0v) is 13.8. The van der Waals surface area contributed by atoms with Crippen LogP contribution in [0.15, 0.2) is 54.7 Å². The van der Waals surface area contributed by atoms with Crippen LogP contribution in [0.25, 0.3) is 10.9 Å². The Bertz CT molecular complexity index is 806. The molecular weight excluding hydrogens is 300 g/mol. The van der Waals surface area contributed by atoms with Crippen molar-refractivity contribution in [1.82, 2.24) is 10.3 Å². The topological polar surface area (TPSA) is 54.1 Å². The van der Waals surface area contributed by atoms with Crippen LogP contribution in [0, 0.1) is 0 Å². The lowest BCUT2D eigenvalue weighted by Gasteiger charge is -2.06. The molecule has 124 valence electrons. The summed E-state index contributed by atoms with van der Waals surface area (Å²) in [6.07, 6.45) is 3.22. The summed E-state index contributed by atoms with van der Waals surface area (Å²) in [6.45, 7) is 3.24. The third-order valence-electron chi connectivity index (χ3n) is 3.99. The molecule has 0 radical (unpaired) electrons.